The van der Waals surface area contributed by atoms with Crippen LogP contribution in [0.1, 0.15) is 46.4 Å². The average molecular weight is 349 g/mol. The Morgan fingerprint density at radius 3 is 2.08 bits per heavy atom. The summed E-state index contributed by atoms with van der Waals surface area (Å²) in [5, 5.41) is 9.58. The highest BCUT2D eigenvalue weighted by Gasteiger charge is 2.34. The average Bonchev–Trinajstić information content (AvgIpc) is 3.01. The van der Waals surface area contributed by atoms with Crippen LogP contribution in [0.3, 0.4) is 0 Å². The minimum atomic E-state index is -0.159. The van der Waals surface area contributed by atoms with Crippen LogP contribution in [0.2, 0.25) is 0 Å². The molecule has 2 amide bonds. The number of rotatable bonds is 4. The molecule has 5 heteroatoms. The monoisotopic (exact) mass is 349 g/mol. The van der Waals surface area contributed by atoms with Crippen LogP contribution in [-0.4, -0.2) is 29.9 Å². The molecule has 0 radical (unpaired) electrons. The molecule has 2 unspecified atom stereocenters. The molecule has 2 bridgehead atoms. The number of fused-ring (bicyclic) bond motifs is 2. The topological polar surface area (TPSA) is 70.2 Å². The second-order valence-corrected chi connectivity index (χ2v) is 7.18. The van der Waals surface area contributed by atoms with E-state index in [9.17, 15) is 9.59 Å². The summed E-state index contributed by atoms with van der Waals surface area (Å²) in [5.74, 6) is -0.204. The quantitative estimate of drug-likeness (QED) is 0.795. The Morgan fingerprint density at radius 1 is 0.808 bits per heavy atom. The van der Waals surface area contributed by atoms with Gasteiger partial charge in [0.25, 0.3) is 11.8 Å². The third-order valence-electron chi connectivity index (χ3n) is 5.25. The molecule has 2 heterocycles. The number of piperidine rings is 1. The molecule has 0 saturated carbocycles. The second-order valence-electron chi connectivity index (χ2n) is 7.18. The first kappa shape index (κ1) is 16.8. The van der Waals surface area contributed by atoms with Gasteiger partial charge in [0.15, 0.2) is 0 Å². The smallest absolute Gasteiger partial charge is 0.255 e. The Hall–Kier alpha value is -2.66. The highest BCUT2D eigenvalue weighted by atomic mass is 16.2. The molecule has 2 aliphatic rings. The fourth-order valence-electron chi connectivity index (χ4n) is 3.94. The largest absolute Gasteiger partial charge is 0.349 e. The molecule has 2 aromatic carbocycles. The molecule has 2 aliphatic heterocycles. The second kappa shape index (κ2) is 7.30. The van der Waals surface area contributed by atoms with Gasteiger partial charge < -0.3 is 16.0 Å². The van der Waals surface area contributed by atoms with Crippen molar-refractivity contribution in [3.8, 4) is 0 Å². The van der Waals surface area contributed by atoms with E-state index in [-0.39, 0.29) is 17.9 Å². The number of nitrogens with one attached hydrogen (secondary N) is 3. The van der Waals surface area contributed by atoms with Crippen LogP contribution in [0.4, 0.5) is 5.69 Å². The lowest BCUT2D eigenvalue weighted by atomic mass is 9.99. The molecule has 0 aliphatic carbocycles. The predicted molar refractivity (Wildman–Crippen MR) is 101 cm³/mol. The Labute approximate surface area is 153 Å². The van der Waals surface area contributed by atoms with E-state index in [2.05, 4.69) is 16.0 Å². The van der Waals surface area contributed by atoms with Gasteiger partial charge >= 0.3 is 0 Å². The summed E-state index contributed by atoms with van der Waals surface area (Å²) in [6.45, 7) is 0. The Balaban J connectivity index is 1.35. The molecule has 134 valence electrons. The molecular weight excluding hydrogens is 326 g/mol. The van der Waals surface area contributed by atoms with Gasteiger partial charge in [0.1, 0.15) is 0 Å². The van der Waals surface area contributed by atoms with Crippen molar-refractivity contribution in [1.82, 2.24) is 10.6 Å². The van der Waals surface area contributed by atoms with Gasteiger partial charge in [-0.25, -0.2) is 0 Å². The third kappa shape index (κ3) is 3.78. The normalized spacial score (nSPS) is 24.1. The molecule has 2 atom stereocenters. The SMILES string of the molecule is O=C(Nc1ccc(C(=O)NC2CC3CCC(C2)N3)cc1)c1ccccc1. The zero-order chi connectivity index (χ0) is 17.9. The van der Waals surface area contributed by atoms with Crippen molar-refractivity contribution < 1.29 is 9.59 Å². The molecule has 3 N–H and O–H groups in total. The Bertz CT molecular complexity index is 777. The first-order valence-corrected chi connectivity index (χ1v) is 9.21. The fourth-order valence-corrected chi connectivity index (χ4v) is 3.94. The maximum atomic E-state index is 12.5. The van der Waals surface area contributed by atoms with Crippen molar-refractivity contribution in [3.63, 3.8) is 0 Å². The lowest BCUT2D eigenvalue weighted by molar-refractivity contribution is 0.0923. The summed E-state index contributed by atoms with van der Waals surface area (Å²) in [5.41, 5.74) is 1.90. The maximum Gasteiger partial charge on any atom is 0.255 e. The van der Waals surface area contributed by atoms with E-state index in [1.807, 2.05) is 18.2 Å². The molecule has 26 heavy (non-hydrogen) atoms. The van der Waals surface area contributed by atoms with Crippen LogP contribution in [0, 0.1) is 0 Å². The van der Waals surface area contributed by atoms with E-state index in [0.717, 1.165) is 12.8 Å². The van der Waals surface area contributed by atoms with Crippen LogP contribution < -0.4 is 16.0 Å². The number of hydrogen-bond acceptors (Lipinski definition) is 3. The Morgan fingerprint density at radius 2 is 1.42 bits per heavy atom. The van der Waals surface area contributed by atoms with Crippen molar-refractivity contribution in [2.24, 2.45) is 0 Å². The molecule has 2 saturated heterocycles. The van der Waals surface area contributed by atoms with E-state index in [1.165, 1.54) is 12.8 Å². The fraction of sp³-hybridized carbons (Fsp3) is 0.333. The molecule has 0 spiro atoms. The number of carbonyl (C=O) groups is 2. The van der Waals surface area contributed by atoms with E-state index in [0.29, 0.717) is 28.9 Å². The van der Waals surface area contributed by atoms with Crippen molar-refractivity contribution >= 4 is 17.5 Å². The summed E-state index contributed by atoms with van der Waals surface area (Å²) in [6.07, 6.45) is 4.45. The van der Waals surface area contributed by atoms with Gasteiger partial charge in [0.2, 0.25) is 0 Å². The Kier molecular flexibility index (Phi) is 4.71. The van der Waals surface area contributed by atoms with Crippen LogP contribution in [0.15, 0.2) is 54.6 Å². The van der Waals surface area contributed by atoms with Crippen LogP contribution in [-0.2, 0) is 0 Å². The summed E-state index contributed by atoms with van der Waals surface area (Å²) in [7, 11) is 0. The number of carbonyl (C=O) groups excluding carboxylic acids is 2. The van der Waals surface area contributed by atoms with E-state index in [4.69, 9.17) is 0 Å². The summed E-state index contributed by atoms with van der Waals surface area (Å²) in [6, 6.07) is 17.5. The van der Waals surface area contributed by atoms with Crippen molar-refractivity contribution in [2.75, 3.05) is 5.32 Å². The first-order valence-electron chi connectivity index (χ1n) is 9.21. The molecule has 0 aromatic heterocycles. The molecule has 5 nitrogen and oxygen atoms in total. The molecule has 4 rings (SSSR count). The standard InChI is InChI=1S/C21H23N3O2/c25-20(14-4-2-1-3-5-14)23-16-8-6-15(7-9-16)21(26)24-19-12-17-10-11-18(13-19)22-17/h1-9,17-19,22H,10-13H2,(H,23,25)(H,24,26). The van der Waals surface area contributed by atoms with Crippen LogP contribution in [0.5, 0.6) is 0 Å². The maximum absolute atomic E-state index is 12.5. The van der Waals surface area contributed by atoms with Gasteiger partial charge in [-0.2, -0.15) is 0 Å². The van der Waals surface area contributed by atoms with Gasteiger partial charge in [-0.3, -0.25) is 9.59 Å². The van der Waals surface area contributed by atoms with Gasteiger partial charge in [0.05, 0.1) is 0 Å². The minimum absolute atomic E-state index is 0.0442. The number of benzene rings is 2. The van der Waals surface area contributed by atoms with Gasteiger partial charge in [-0.1, -0.05) is 18.2 Å². The number of amides is 2. The van der Waals surface area contributed by atoms with E-state index in [1.54, 1.807) is 36.4 Å². The van der Waals surface area contributed by atoms with Gasteiger partial charge in [0, 0.05) is 34.9 Å². The van der Waals surface area contributed by atoms with Crippen molar-refractivity contribution in [1.29, 1.82) is 0 Å². The third-order valence-corrected chi connectivity index (χ3v) is 5.25. The van der Waals surface area contributed by atoms with E-state index < -0.39 is 0 Å². The van der Waals surface area contributed by atoms with E-state index >= 15 is 0 Å². The molecule has 2 aromatic rings. The minimum Gasteiger partial charge on any atom is -0.349 e. The highest BCUT2D eigenvalue weighted by molar-refractivity contribution is 6.04. The van der Waals surface area contributed by atoms with Crippen LogP contribution >= 0.6 is 0 Å². The zero-order valence-corrected chi connectivity index (χ0v) is 14.6. The number of hydrogen-bond donors (Lipinski definition) is 3. The van der Waals surface area contributed by atoms with Gasteiger partial charge in [-0.05, 0) is 62.1 Å². The lowest BCUT2D eigenvalue weighted by Crippen LogP contribution is -2.48. The zero-order valence-electron chi connectivity index (χ0n) is 14.6. The molecular formula is C21H23N3O2. The predicted octanol–water partition coefficient (Wildman–Crippen LogP) is 2.95. The first-order chi connectivity index (χ1) is 12.7. The molecule has 2 fully saturated rings. The lowest BCUT2D eigenvalue weighted by Gasteiger charge is -2.29. The highest BCUT2D eigenvalue weighted by Crippen LogP contribution is 2.27. The van der Waals surface area contributed by atoms with Crippen molar-refractivity contribution in [2.45, 2.75) is 43.8 Å². The van der Waals surface area contributed by atoms with Crippen molar-refractivity contribution in [3.05, 3.63) is 65.7 Å². The summed E-state index contributed by atoms with van der Waals surface area (Å²) >= 11 is 0. The summed E-state index contributed by atoms with van der Waals surface area (Å²) < 4.78 is 0. The van der Waals surface area contributed by atoms with Crippen LogP contribution in [0.25, 0.3) is 0 Å². The summed E-state index contributed by atoms with van der Waals surface area (Å²) in [4.78, 5) is 24.6. The number of anilines is 1. The van der Waals surface area contributed by atoms with Gasteiger partial charge in [-0.15, -0.1) is 0 Å².